The topological polar surface area (TPSA) is 41.6 Å². The number of nitrogens with one attached hydrogen (secondary N) is 1. The molecule has 4 heteroatoms. The molecule has 0 bridgehead atoms. The van der Waals surface area contributed by atoms with Crippen molar-refractivity contribution in [2.24, 2.45) is 0 Å². The molecular weight excluding hydrogens is 252 g/mol. The first-order valence-corrected chi connectivity index (χ1v) is 8.42. The van der Waals surface area contributed by atoms with Crippen molar-refractivity contribution in [3.63, 3.8) is 0 Å². The Labute approximate surface area is 123 Å². The molecule has 1 saturated heterocycles. The van der Waals surface area contributed by atoms with Crippen LogP contribution in [0.5, 0.6) is 0 Å². The molecule has 2 rings (SSSR count). The SMILES string of the molecule is CCOC(=O)CCCCCN(CC1CCCN1)C1CC1. The maximum Gasteiger partial charge on any atom is 0.305 e. The lowest BCUT2D eigenvalue weighted by Crippen LogP contribution is -2.39. The third-order valence-electron chi connectivity index (χ3n) is 4.31. The van der Waals surface area contributed by atoms with Crippen LogP contribution in [0.4, 0.5) is 0 Å². The van der Waals surface area contributed by atoms with E-state index in [2.05, 4.69) is 10.2 Å². The monoisotopic (exact) mass is 282 g/mol. The third-order valence-corrected chi connectivity index (χ3v) is 4.31. The molecule has 1 saturated carbocycles. The van der Waals surface area contributed by atoms with Crippen molar-refractivity contribution in [3.8, 4) is 0 Å². The summed E-state index contributed by atoms with van der Waals surface area (Å²) in [5, 5.41) is 3.60. The van der Waals surface area contributed by atoms with Gasteiger partial charge in [-0.2, -0.15) is 0 Å². The Hall–Kier alpha value is -0.610. The summed E-state index contributed by atoms with van der Waals surface area (Å²) in [5.74, 6) is -0.0401. The largest absolute Gasteiger partial charge is 0.466 e. The van der Waals surface area contributed by atoms with Crippen LogP contribution in [0.2, 0.25) is 0 Å². The van der Waals surface area contributed by atoms with Gasteiger partial charge in [0, 0.05) is 25.0 Å². The second-order valence-electron chi connectivity index (χ2n) is 6.14. The van der Waals surface area contributed by atoms with E-state index in [0.29, 0.717) is 13.0 Å². The van der Waals surface area contributed by atoms with Crippen LogP contribution in [0.15, 0.2) is 0 Å². The number of unbranched alkanes of at least 4 members (excludes halogenated alkanes) is 2. The van der Waals surface area contributed by atoms with Crippen molar-refractivity contribution in [3.05, 3.63) is 0 Å². The van der Waals surface area contributed by atoms with Crippen molar-refractivity contribution in [2.75, 3.05) is 26.2 Å². The Morgan fingerprint density at radius 3 is 2.75 bits per heavy atom. The maximum atomic E-state index is 11.2. The number of nitrogens with zero attached hydrogens (tertiary/aromatic N) is 1. The van der Waals surface area contributed by atoms with Crippen LogP contribution in [-0.4, -0.2) is 49.2 Å². The molecule has 4 nitrogen and oxygen atoms in total. The summed E-state index contributed by atoms with van der Waals surface area (Å²) in [6, 6.07) is 1.57. The Morgan fingerprint density at radius 2 is 2.10 bits per heavy atom. The van der Waals surface area contributed by atoms with Crippen LogP contribution in [0.25, 0.3) is 0 Å². The highest BCUT2D eigenvalue weighted by Crippen LogP contribution is 2.28. The van der Waals surface area contributed by atoms with Crippen LogP contribution >= 0.6 is 0 Å². The first-order valence-electron chi connectivity index (χ1n) is 8.42. The summed E-state index contributed by atoms with van der Waals surface area (Å²) < 4.78 is 4.95. The van der Waals surface area contributed by atoms with E-state index in [1.54, 1.807) is 0 Å². The molecule has 2 aliphatic rings. The molecule has 0 aromatic carbocycles. The fourth-order valence-electron chi connectivity index (χ4n) is 3.05. The van der Waals surface area contributed by atoms with Gasteiger partial charge >= 0.3 is 5.97 Å². The molecule has 2 fully saturated rings. The average molecular weight is 282 g/mol. The zero-order valence-electron chi connectivity index (χ0n) is 12.9. The summed E-state index contributed by atoms with van der Waals surface area (Å²) >= 11 is 0. The van der Waals surface area contributed by atoms with Gasteiger partial charge in [-0.3, -0.25) is 9.69 Å². The highest BCUT2D eigenvalue weighted by molar-refractivity contribution is 5.69. The maximum absolute atomic E-state index is 11.2. The van der Waals surface area contributed by atoms with Gasteiger partial charge in [0.25, 0.3) is 0 Å². The van der Waals surface area contributed by atoms with E-state index < -0.39 is 0 Å². The summed E-state index contributed by atoms with van der Waals surface area (Å²) in [4.78, 5) is 13.9. The first kappa shape index (κ1) is 15.8. The number of carbonyl (C=O) groups is 1. The molecule has 0 spiro atoms. The molecule has 1 aliphatic carbocycles. The molecule has 0 amide bonds. The van der Waals surface area contributed by atoms with E-state index in [0.717, 1.165) is 24.9 Å². The molecule has 1 aliphatic heterocycles. The number of rotatable bonds is 10. The number of esters is 1. The van der Waals surface area contributed by atoms with Crippen molar-refractivity contribution in [1.29, 1.82) is 0 Å². The second kappa shape index (κ2) is 8.63. The minimum Gasteiger partial charge on any atom is -0.466 e. The Bertz CT molecular complexity index is 286. The van der Waals surface area contributed by atoms with Gasteiger partial charge in [-0.25, -0.2) is 0 Å². The normalized spacial score (nSPS) is 22.4. The molecule has 116 valence electrons. The van der Waals surface area contributed by atoms with E-state index in [1.165, 1.54) is 51.7 Å². The zero-order chi connectivity index (χ0) is 14.2. The van der Waals surface area contributed by atoms with E-state index in [4.69, 9.17) is 4.74 Å². The fourth-order valence-corrected chi connectivity index (χ4v) is 3.05. The molecule has 1 heterocycles. The lowest BCUT2D eigenvalue weighted by atomic mass is 10.1. The lowest BCUT2D eigenvalue weighted by molar-refractivity contribution is -0.143. The Morgan fingerprint density at radius 1 is 1.25 bits per heavy atom. The molecule has 20 heavy (non-hydrogen) atoms. The smallest absolute Gasteiger partial charge is 0.305 e. The molecule has 1 atom stereocenters. The van der Waals surface area contributed by atoms with Gasteiger partial charge in [-0.15, -0.1) is 0 Å². The van der Waals surface area contributed by atoms with Crippen LogP contribution in [0.3, 0.4) is 0 Å². The van der Waals surface area contributed by atoms with Crippen LogP contribution in [-0.2, 0) is 9.53 Å². The quantitative estimate of drug-likeness (QED) is 0.493. The molecule has 0 radical (unpaired) electrons. The number of ether oxygens (including phenoxy) is 1. The fraction of sp³-hybridized carbons (Fsp3) is 0.938. The highest BCUT2D eigenvalue weighted by atomic mass is 16.5. The highest BCUT2D eigenvalue weighted by Gasteiger charge is 2.30. The van der Waals surface area contributed by atoms with Crippen molar-refractivity contribution in [2.45, 2.75) is 70.4 Å². The van der Waals surface area contributed by atoms with E-state index in [-0.39, 0.29) is 5.97 Å². The van der Waals surface area contributed by atoms with Gasteiger partial charge in [0.2, 0.25) is 0 Å². The molecular formula is C16H30N2O2. The summed E-state index contributed by atoms with van der Waals surface area (Å²) in [6.45, 7) is 5.99. The van der Waals surface area contributed by atoms with Gasteiger partial charge in [-0.1, -0.05) is 6.42 Å². The minimum atomic E-state index is -0.0401. The van der Waals surface area contributed by atoms with Gasteiger partial charge in [0.15, 0.2) is 0 Å². The van der Waals surface area contributed by atoms with E-state index >= 15 is 0 Å². The first-order chi connectivity index (χ1) is 9.79. The zero-order valence-corrected chi connectivity index (χ0v) is 12.9. The molecule has 1 unspecified atom stereocenters. The number of carbonyl (C=O) groups excluding carboxylic acids is 1. The van der Waals surface area contributed by atoms with Crippen LogP contribution < -0.4 is 5.32 Å². The molecule has 0 aromatic rings. The predicted molar refractivity (Wildman–Crippen MR) is 80.7 cm³/mol. The Kier molecular flexibility index (Phi) is 6.80. The minimum absolute atomic E-state index is 0.0401. The van der Waals surface area contributed by atoms with E-state index in [9.17, 15) is 4.79 Å². The number of hydrogen-bond donors (Lipinski definition) is 1. The van der Waals surface area contributed by atoms with Crippen molar-refractivity contribution < 1.29 is 9.53 Å². The molecule has 1 N–H and O–H groups in total. The molecule has 0 aromatic heterocycles. The Balaban J connectivity index is 1.54. The van der Waals surface area contributed by atoms with Crippen LogP contribution in [0.1, 0.15) is 58.3 Å². The van der Waals surface area contributed by atoms with Gasteiger partial charge in [-0.05, 0) is 58.5 Å². The van der Waals surface area contributed by atoms with E-state index in [1.807, 2.05) is 6.92 Å². The standard InChI is InChI=1S/C16H30N2O2/c1-2-20-16(19)8-4-3-5-12-18(15-9-10-15)13-14-7-6-11-17-14/h14-15,17H,2-13H2,1H3. The second-order valence-corrected chi connectivity index (χ2v) is 6.14. The van der Waals surface area contributed by atoms with Gasteiger partial charge < -0.3 is 10.1 Å². The summed E-state index contributed by atoms with van der Waals surface area (Å²) in [5.41, 5.74) is 0. The predicted octanol–water partition coefficient (Wildman–Crippen LogP) is 2.33. The average Bonchev–Trinajstić information content (AvgIpc) is 3.15. The number of hydrogen-bond acceptors (Lipinski definition) is 4. The third kappa shape index (κ3) is 5.80. The van der Waals surface area contributed by atoms with Crippen LogP contribution in [0, 0.1) is 0 Å². The lowest BCUT2D eigenvalue weighted by Gasteiger charge is -2.25. The van der Waals surface area contributed by atoms with Gasteiger partial charge in [0.05, 0.1) is 6.61 Å². The van der Waals surface area contributed by atoms with Gasteiger partial charge in [0.1, 0.15) is 0 Å². The van der Waals surface area contributed by atoms with Crippen molar-refractivity contribution >= 4 is 5.97 Å². The summed E-state index contributed by atoms with van der Waals surface area (Å²) in [7, 11) is 0. The van der Waals surface area contributed by atoms with Crippen molar-refractivity contribution in [1.82, 2.24) is 10.2 Å². The summed E-state index contributed by atoms with van der Waals surface area (Å²) in [6.07, 6.45) is 9.35.